The summed E-state index contributed by atoms with van der Waals surface area (Å²) in [6, 6.07) is 0. The van der Waals surface area contributed by atoms with E-state index in [0.717, 1.165) is 36.4 Å². The van der Waals surface area contributed by atoms with Gasteiger partial charge in [-0.05, 0) is 19.4 Å². The molecule has 22 heteroatoms. The van der Waals surface area contributed by atoms with Crippen LogP contribution in [0.2, 0.25) is 0 Å². The normalized spacial score (nSPS) is 22.8. The summed E-state index contributed by atoms with van der Waals surface area (Å²) < 4.78 is 51.9. The number of nitrogens with zero attached hydrogens (tertiary/aromatic N) is 1. The fraction of sp³-hybridized carbons (Fsp3) is 0.706. The van der Waals surface area contributed by atoms with E-state index in [4.69, 9.17) is 20.3 Å². The van der Waals surface area contributed by atoms with Crippen molar-refractivity contribution in [1.82, 2.24) is 14.9 Å². The number of amides is 1. The molecule has 9 N–H and O–H groups in total. The predicted molar refractivity (Wildman–Crippen MR) is 130 cm³/mol. The van der Waals surface area contributed by atoms with E-state index in [2.05, 4.69) is 18.5 Å². The highest BCUT2D eigenvalue weighted by Crippen LogP contribution is 2.66. The van der Waals surface area contributed by atoms with Gasteiger partial charge in [-0.25, -0.2) is 18.5 Å². The largest absolute Gasteiger partial charge is 0.490 e. The number of hydrogen-bond acceptors (Lipinski definition) is 12. The number of phosphoric ester groups is 1. The van der Waals surface area contributed by atoms with Gasteiger partial charge in [0, 0.05) is 24.7 Å². The van der Waals surface area contributed by atoms with Crippen LogP contribution in [0.25, 0.3) is 0 Å². The van der Waals surface area contributed by atoms with Crippen molar-refractivity contribution in [3.8, 4) is 0 Å². The molecule has 1 amide bonds. The van der Waals surface area contributed by atoms with E-state index in [0.29, 0.717) is 13.1 Å². The molecule has 5 unspecified atom stereocenters. The summed E-state index contributed by atoms with van der Waals surface area (Å²) in [7, 11) is -16.8. The topological polar surface area (TPSA) is 299 Å². The maximum atomic E-state index is 12.3. The van der Waals surface area contributed by atoms with E-state index in [1.165, 1.54) is 0 Å². The van der Waals surface area contributed by atoms with Crippen LogP contribution in [0.15, 0.2) is 15.8 Å². The Labute approximate surface area is 220 Å². The minimum atomic E-state index is -5.74. The third-order valence-corrected chi connectivity index (χ3v) is 8.98. The zero-order valence-corrected chi connectivity index (χ0v) is 23.0. The maximum Gasteiger partial charge on any atom is 0.490 e. The highest BCUT2D eigenvalue weighted by molar-refractivity contribution is 7.66. The number of aliphatic hydroxyl groups is 1. The van der Waals surface area contributed by atoms with Crippen LogP contribution in [0.1, 0.15) is 43.9 Å². The zero-order valence-electron chi connectivity index (χ0n) is 20.4. The lowest BCUT2D eigenvalue weighted by Crippen LogP contribution is -2.36. The highest BCUT2D eigenvalue weighted by Gasteiger charge is 2.43. The molecule has 1 fully saturated rings. The first-order valence-corrected chi connectivity index (χ1v) is 16.0. The Kier molecular flexibility index (Phi) is 12.4. The molecule has 19 nitrogen and oxygen atoms in total. The van der Waals surface area contributed by atoms with Crippen LogP contribution < -0.4 is 22.3 Å². The molecule has 0 aliphatic carbocycles. The van der Waals surface area contributed by atoms with Crippen LogP contribution in [0.4, 0.5) is 0 Å². The molecule has 1 aliphatic heterocycles. The minimum Gasteiger partial charge on any atom is -0.390 e. The first kappa shape index (κ1) is 33.6. The SMILES string of the molecule is NCCCCCCNC(=O)Cc1cn(C2CC(O)C(COP(=O)(O)OP(=O)(O)OP(=O)(O)O)O2)c(=O)[nH]c1=O. The van der Waals surface area contributed by atoms with Gasteiger partial charge in [0.15, 0.2) is 0 Å². The van der Waals surface area contributed by atoms with Crippen molar-refractivity contribution in [3.05, 3.63) is 32.6 Å². The van der Waals surface area contributed by atoms with E-state index < -0.39 is 65.7 Å². The lowest BCUT2D eigenvalue weighted by Gasteiger charge is -2.19. The molecule has 0 radical (unpaired) electrons. The Hall–Kier alpha value is -1.56. The number of ether oxygens (including phenoxy) is 1. The number of carbonyl (C=O) groups excluding carboxylic acids is 1. The van der Waals surface area contributed by atoms with Gasteiger partial charge < -0.3 is 40.5 Å². The summed E-state index contributed by atoms with van der Waals surface area (Å²) in [6.45, 7) is 0.0251. The third kappa shape index (κ3) is 11.8. The molecule has 0 spiro atoms. The molecule has 0 aromatic carbocycles. The second kappa shape index (κ2) is 14.4. The average molecular weight is 624 g/mol. The summed E-state index contributed by atoms with van der Waals surface area (Å²) in [4.78, 5) is 74.6. The van der Waals surface area contributed by atoms with Crippen LogP contribution in [0, 0.1) is 0 Å². The number of aliphatic hydroxyl groups excluding tert-OH is 1. The van der Waals surface area contributed by atoms with Gasteiger partial charge in [0.25, 0.3) is 5.56 Å². The minimum absolute atomic E-state index is 0.0787. The van der Waals surface area contributed by atoms with Crippen LogP contribution in [-0.4, -0.2) is 72.0 Å². The second-order valence-corrected chi connectivity index (χ2v) is 12.8. The highest BCUT2D eigenvalue weighted by atomic mass is 31.3. The van der Waals surface area contributed by atoms with E-state index in [1.54, 1.807) is 0 Å². The average Bonchev–Trinajstić information content (AvgIpc) is 3.14. The molecular formula is C17H31N4O15P3. The number of aromatic amines is 1. The first-order valence-electron chi connectivity index (χ1n) is 11.4. The van der Waals surface area contributed by atoms with Crippen molar-refractivity contribution >= 4 is 29.4 Å². The van der Waals surface area contributed by atoms with Crippen LogP contribution in [0.3, 0.4) is 0 Å². The van der Waals surface area contributed by atoms with E-state index >= 15 is 0 Å². The summed E-state index contributed by atoms with van der Waals surface area (Å²) in [5.74, 6) is -0.467. The van der Waals surface area contributed by atoms with E-state index in [1.807, 2.05) is 4.98 Å². The van der Waals surface area contributed by atoms with Crippen molar-refractivity contribution in [3.63, 3.8) is 0 Å². The molecular weight excluding hydrogens is 593 g/mol. The van der Waals surface area contributed by atoms with Crippen LogP contribution in [-0.2, 0) is 42.8 Å². The fourth-order valence-electron chi connectivity index (χ4n) is 3.46. The number of unbranched alkanes of at least 4 members (excludes halogenated alkanes) is 3. The predicted octanol–water partition coefficient (Wildman–Crippen LogP) is -1.29. The van der Waals surface area contributed by atoms with Crippen molar-refractivity contribution in [2.75, 3.05) is 19.7 Å². The van der Waals surface area contributed by atoms with Gasteiger partial charge in [-0.15, -0.1) is 0 Å². The van der Waals surface area contributed by atoms with Gasteiger partial charge in [0.1, 0.15) is 12.3 Å². The number of carbonyl (C=O) groups is 1. The monoisotopic (exact) mass is 624 g/mol. The van der Waals surface area contributed by atoms with Gasteiger partial charge in [-0.2, -0.15) is 8.62 Å². The Balaban J connectivity index is 1.99. The van der Waals surface area contributed by atoms with Crippen molar-refractivity contribution < 1.29 is 61.1 Å². The number of aromatic nitrogens is 2. The Morgan fingerprint density at radius 1 is 1.10 bits per heavy atom. The molecule has 2 rings (SSSR count). The van der Waals surface area contributed by atoms with Crippen LogP contribution in [0.5, 0.6) is 0 Å². The van der Waals surface area contributed by atoms with Crippen LogP contribution >= 0.6 is 23.5 Å². The third-order valence-electron chi connectivity index (χ3n) is 5.18. The Morgan fingerprint density at radius 3 is 2.41 bits per heavy atom. The number of H-pyrrole nitrogens is 1. The van der Waals surface area contributed by atoms with Gasteiger partial charge in [0.05, 0.1) is 19.1 Å². The maximum absolute atomic E-state index is 12.3. The lowest BCUT2D eigenvalue weighted by molar-refractivity contribution is -0.120. The molecule has 39 heavy (non-hydrogen) atoms. The number of nitrogens with two attached hydrogens (primary N) is 1. The summed E-state index contributed by atoms with van der Waals surface area (Å²) in [6.07, 6.45) is -0.197. The van der Waals surface area contributed by atoms with Gasteiger partial charge >= 0.3 is 29.2 Å². The number of phosphoric acid groups is 3. The summed E-state index contributed by atoms with van der Waals surface area (Å²) >= 11 is 0. The van der Waals surface area contributed by atoms with Gasteiger partial charge in [-0.1, -0.05) is 12.8 Å². The fourth-order valence-corrected chi connectivity index (χ4v) is 6.49. The van der Waals surface area contributed by atoms with Gasteiger partial charge in [0.2, 0.25) is 5.91 Å². The molecule has 224 valence electrons. The van der Waals surface area contributed by atoms with E-state index in [-0.39, 0.29) is 18.4 Å². The number of rotatable bonds is 16. The number of hydrogen-bond donors (Lipinski definition) is 8. The lowest BCUT2D eigenvalue weighted by atomic mass is 10.2. The standard InChI is InChI=1S/C17H31N4O15P3/c18-5-3-1-2-4-6-19-14(23)7-11-9-21(17(25)20-16(11)24)15-8-12(22)13(34-15)10-33-38(29,30)36-39(31,32)35-37(26,27)28/h9,12-13,15,22H,1-8,10,18H2,(H,19,23)(H,29,30)(H,31,32)(H,20,24,25)(H2,26,27,28). The first-order chi connectivity index (χ1) is 18.0. The molecule has 0 bridgehead atoms. The summed E-state index contributed by atoms with van der Waals surface area (Å²) in [5, 5.41) is 12.9. The zero-order chi connectivity index (χ0) is 29.4. The molecule has 1 aromatic heterocycles. The molecule has 5 atom stereocenters. The summed E-state index contributed by atoms with van der Waals surface area (Å²) in [5.41, 5.74) is 3.60. The van der Waals surface area contributed by atoms with Crippen molar-refractivity contribution in [2.45, 2.75) is 57.0 Å². The molecule has 2 heterocycles. The molecule has 1 aliphatic rings. The Morgan fingerprint density at radius 2 is 1.77 bits per heavy atom. The second-order valence-electron chi connectivity index (χ2n) is 8.37. The smallest absolute Gasteiger partial charge is 0.390 e. The van der Waals surface area contributed by atoms with Crippen molar-refractivity contribution in [1.29, 1.82) is 0 Å². The van der Waals surface area contributed by atoms with Gasteiger partial charge in [-0.3, -0.25) is 23.7 Å². The van der Waals surface area contributed by atoms with E-state index in [9.17, 15) is 43.0 Å². The molecule has 1 saturated heterocycles. The molecule has 0 saturated carbocycles. The Bertz CT molecular complexity index is 1250. The van der Waals surface area contributed by atoms with Crippen molar-refractivity contribution in [2.24, 2.45) is 5.73 Å². The number of nitrogens with one attached hydrogen (secondary N) is 2. The molecule has 1 aromatic rings. The quantitative estimate of drug-likeness (QED) is 0.0783.